The van der Waals surface area contributed by atoms with Gasteiger partial charge in [0.05, 0.1) is 34.4 Å². The van der Waals surface area contributed by atoms with E-state index >= 15 is 0 Å². The number of primary amides is 1. The fourth-order valence-electron chi connectivity index (χ4n) is 10.1. The van der Waals surface area contributed by atoms with Gasteiger partial charge in [-0.1, -0.05) is 44.5 Å². The average molecular weight is 822 g/mol. The summed E-state index contributed by atoms with van der Waals surface area (Å²) in [6.07, 6.45) is 4.88. The maximum absolute atomic E-state index is 14.4. The van der Waals surface area contributed by atoms with Crippen molar-refractivity contribution in [3.05, 3.63) is 75.4 Å². The van der Waals surface area contributed by atoms with Gasteiger partial charge >= 0.3 is 0 Å². The number of imide groups is 1. The summed E-state index contributed by atoms with van der Waals surface area (Å²) in [6, 6.07) is 11.1. The lowest BCUT2D eigenvalue weighted by atomic mass is 9.48. The maximum atomic E-state index is 14.4. The topological polar surface area (TPSA) is 197 Å². The second-order valence-electron chi connectivity index (χ2n) is 17.3. The zero-order chi connectivity index (χ0) is 41.8. The van der Waals surface area contributed by atoms with E-state index in [1.54, 1.807) is 30.5 Å². The monoisotopic (exact) mass is 821 g/mol. The van der Waals surface area contributed by atoms with Crippen LogP contribution in [0.25, 0.3) is 10.9 Å². The fraction of sp³-hybridized carbons (Fsp3) is 0.500. The quantitative estimate of drug-likeness (QED) is 0.240. The predicted molar refractivity (Wildman–Crippen MR) is 220 cm³/mol. The van der Waals surface area contributed by atoms with Gasteiger partial charge in [-0.3, -0.25) is 29.0 Å². The molecule has 1 atom stereocenters. The van der Waals surface area contributed by atoms with Gasteiger partial charge in [0.25, 0.3) is 17.4 Å². The molecule has 2 N–H and O–H groups in total. The Bertz CT molecular complexity index is 2380. The number of piperidine rings is 2. The number of nitriles is 1. The molecule has 4 aliphatic rings. The van der Waals surface area contributed by atoms with E-state index in [0.29, 0.717) is 28.1 Å². The second kappa shape index (κ2) is 15.5. The molecule has 3 amide bonds. The number of nitrogens with two attached hydrogens (primary N) is 1. The number of amides is 3. The lowest BCUT2D eigenvalue weighted by molar-refractivity contribution is -0.216. The molecule has 0 spiro atoms. The summed E-state index contributed by atoms with van der Waals surface area (Å²) in [4.78, 5) is 70.3. The third-order valence-electron chi connectivity index (χ3n) is 12.8. The summed E-state index contributed by atoms with van der Waals surface area (Å²) in [7, 11) is 0. The van der Waals surface area contributed by atoms with Gasteiger partial charge in [-0.15, -0.1) is 5.10 Å². The van der Waals surface area contributed by atoms with Crippen molar-refractivity contribution in [1.82, 2.24) is 34.8 Å². The Hall–Kier alpha value is -5.66. The summed E-state index contributed by atoms with van der Waals surface area (Å²) in [5.41, 5.74) is 5.42. The Balaban J connectivity index is 0.915. The van der Waals surface area contributed by atoms with Crippen LogP contribution in [0.2, 0.25) is 5.02 Å². The van der Waals surface area contributed by atoms with Gasteiger partial charge in [0.15, 0.2) is 0 Å². The van der Waals surface area contributed by atoms with E-state index in [4.69, 9.17) is 22.1 Å². The number of likely N-dealkylation sites (tertiary alicyclic amines) is 1. The maximum Gasteiger partial charge on any atom is 0.278 e. The number of anilines is 2. The molecule has 1 unspecified atom stereocenters. The zero-order valence-corrected chi connectivity index (χ0v) is 34.4. The van der Waals surface area contributed by atoms with Crippen LogP contribution in [0.15, 0.2) is 53.6 Å². The number of ether oxygens (including phenoxy) is 1. The molecule has 1 aliphatic carbocycles. The van der Waals surface area contributed by atoms with E-state index in [1.165, 1.54) is 11.1 Å². The number of nitrogens with zero attached hydrogens (tertiary/aromatic N) is 10. The third-order valence-corrected chi connectivity index (χ3v) is 13.1. The van der Waals surface area contributed by atoms with Crippen molar-refractivity contribution in [2.75, 3.05) is 55.6 Å². The number of benzene rings is 2. The number of rotatable bonds is 9. The van der Waals surface area contributed by atoms with Gasteiger partial charge in [0.1, 0.15) is 41.0 Å². The first kappa shape index (κ1) is 40.1. The Labute approximate surface area is 346 Å². The third kappa shape index (κ3) is 7.35. The van der Waals surface area contributed by atoms with Crippen LogP contribution in [-0.2, 0) is 9.59 Å². The average Bonchev–Trinajstić information content (AvgIpc) is 3.22. The lowest BCUT2D eigenvalue weighted by Gasteiger charge is -2.65. The molecule has 2 aromatic heterocycles. The zero-order valence-electron chi connectivity index (χ0n) is 33.7. The van der Waals surface area contributed by atoms with Crippen LogP contribution in [0.1, 0.15) is 75.5 Å². The molecule has 4 fully saturated rings. The number of piperazine rings is 1. The smallest absolute Gasteiger partial charge is 0.278 e. The van der Waals surface area contributed by atoms with Crippen molar-refractivity contribution >= 4 is 51.7 Å². The van der Waals surface area contributed by atoms with Crippen LogP contribution < -0.4 is 25.8 Å². The highest BCUT2D eigenvalue weighted by atomic mass is 35.5. The molecule has 8 rings (SSSR count). The van der Waals surface area contributed by atoms with Crippen molar-refractivity contribution in [3.8, 4) is 11.8 Å². The van der Waals surface area contributed by atoms with E-state index < -0.39 is 46.4 Å². The van der Waals surface area contributed by atoms with Crippen LogP contribution >= 0.6 is 11.6 Å². The number of carbonyl (C=O) groups excluding carboxylic acids is 3. The fourth-order valence-corrected chi connectivity index (χ4v) is 10.3. The molecule has 2 aromatic carbocycles. The molecule has 17 heteroatoms. The van der Waals surface area contributed by atoms with Gasteiger partial charge < -0.3 is 20.3 Å². The van der Waals surface area contributed by atoms with Gasteiger partial charge in [-0.25, -0.2) is 9.97 Å². The Morgan fingerprint density at radius 3 is 2.31 bits per heavy atom. The molecule has 5 heterocycles. The van der Waals surface area contributed by atoms with Gasteiger partial charge in [-0.2, -0.15) is 9.94 Å². The van der Waals surface area contributed by atoms with Crippen molar-refractivity contribution < 1.29 is 19.1 Å². The van der Waals surface area contributed by atoms with Crippen molar-refractivity contribution in [2.45, 2.75) is 71.6 Å². The van der Waals surface area contributed by atoms with Crippen LogP contribution in [0.4, 0.5) is 11.5 Å². The van der Waals surface area contributed by atoms with Crippen LogP contribution in [0, 0.1) is 28.1 Å². The Kier molecular flexibility index (Phi) is 10.5. The molecule has 16 nitrogen and oxygen atoms in total. The Morgan fingerprint density at radius 2 is 1.66 bits per heavy atom. The summed E-state index contributed by atoms with van der Waals surface area (Å²) in [5.74, 6) is 0.413. The first-order valence-electron chi connectivity index (χ1n) is 20.1. The summed E-state index contributed by atoms with van der Waals surface area (Å²) < 4.78 is 7.58. The molecule has 308 valence electrons. The van der Waals surface area contributed by atoms with Crippen molar-refractivity contribution in [3.63, 3.8) is 0 Å². The van der Waals surface area contributed by atoms with Crippen LogP contribution in [0.3, 0.4) is 0 Å². The number of carbonyl (C=O) groups is 3. The van der Waals surface area contributed by atoms with E-state index in [1.807, 2.05) is 45.9 Å². The standard InChI is InChI=1S/C42H48ClN11O5/c1-41(2)39(42(3,4)40(41)59-28-7-5-26(21-44)30(43)20-28)53-35(55)10-9-33(38(53)58)54-37(57)29-19-27(6-8-31(29)48-49-54)51-13-11-25(12-14-51)24-50-15-17-52(18-16-50)34-23-46-32(22-47-34)36(45)56/h5-8,19-20,22-23,25,33,39-40H,9-18,24H2,1-4H3,(H2,45,56). The Morgan fingerprint density at radius 1 is 0.932 bits per heavy atom. The first-order chi connectivity index (χ1) is 28.2. The predicted octanol–water partition coefficient (Wildman–Crippen LogP) is 3.82. The summed E-state index contributed by atoms with van der Waals surface area (Å²) in [6.45, 7) is 14.0. The second-order valence-corrected chi connectivity index (χ2v) is 17.7. The van der Waals surface area contributed by atoms with Crippen molar-refractivity contribution in [1.29, 1.82) is 5.26 Å². The highest BCUT2D eigenvalue weighted by Gasteiger charge is 2.68. The highest BCUT2D eigenvalue weighted by Crippen LogP contribution is 2.59. The van der Waals surface area contributed by atoms with Gasteiger partial charge in [-0.05, 0) is 55.5 Å². The molecule has 4 aromatic rings. The first-order valence-corrected chi connectivity index (χ1v) is 20.5. The van der Waals surface area contributed by atoms with E-state index in [2.05, 4.69) is 35.0 Å². The van der Waals surface area contributed by atoms with E-state index in [-0.39, 0.29) is 29.5 Å². The molecule has 3 aliphatic heterocycles. The molecule has 3 saturated heterocycles. The number of aromatic nitrogens is 5. The van der Waals surface area contributed by atoms with Crippen molar-refractivity contribution in [2.24, 2.45) is 22.5 Å². The molecule has 59 heavy (non-hydrogen) atoms. The van der Waals surface area contributed by atoms with E-state index in [9.17, 15) is 24.4 Å². The minimum Gasteiger partial charge on any atom is -0.489 e. The number of halogens is 1. The number of hydrogen-bond acceptors (Lipinski definition) is 13. The van der Waals surface area contributed by atoms with Crippen LogP contribution in [0.5, 0.6) is 5.75 Å². The number of fused-ring (bicyclic) bond motifs is 1. The summed E-state index contributed by atoms with van der Waals surface area (Å²) in [5, 5.41) is 18.5. The molecule has 0 radical (unpaired) electrons. The van der Waals surface area contributed by atoms with E-state index in [0.717, 1.165) is 74.8 Å². The van der Waals surface area contributed by atoms with Gasteiger partial charge in [0, 0.05) is 74.8 Å². The molecular weight excluding hydrogens is 774 g/mol. The molecular formula is C42H48ClN11O5. The SMILES string of the molecule is CC1(C)C(Oc2ccc(C#N)c(Cl)c2)C(C)(C)C1N1C(=O)CCC(n2nnc3ccc(N4CCC(CN5CCN(c6cnc(C(N)=O)cn6)CC5)CC4)cc3c2=O)C1=O. The minimum absolute atomic E-state index is 0.0769. The largest absolute Gasteiger partial charge is 0.489 e. The minimum atomic E-state index is -0.988. The number of hydrogen-bond donors (Lipinski definition) is 1. The lowest BCUT2D eigenvalue weighted by Crippen LogP contribution is -2.77. The van der Waals surface area contributed by atoms with Crippen LogP contribution in [-0.4, -0.2) is 110 Å². The normalized spacial score (nSPS) is 23.5. The molecule has 1 saturated carbocycles. The van der Waals surface area contributed by atoms with Gasteiger partial charge in [0.2, 0.25) is 5.91 Å². The summed E-state index contributed by atoms with van der Waals surface area (Å²) >= 11 is 6.28. The molecule has 0 bridgehead atoms. The highest BCUT2D eigenvalue weighted by molar-refractivity contribution is 6.31.